The van der Waals surface area contributed by atoms with Crippen LogP contribution in [0.3, 0.4) is 0 Å². The zero-order valence-electron chi connectivity index (χ0n) is 14.3. The van der Waals surface area contributed by atoms with Gasteiger partial charge in [0.25, 0.3) is 0 Å². The van der Waals surface area contributed by atoms with Crippen molar-refractivity contribution in [1.82, 2.24) is 10.2 Å². The van der Waals surface area contributed by atoms with E-state index in [1.807, 2.05) is 36.4 Å². The second-order valence-electron chi connectivity index (χ2n) is 5.81. The molecule has 0 saturated heterocycles. The van der Waals surface area contributed by atoms with Crippen LogP contribution in [0.2, 0.25) is 0 Å². The highest BCUT2D eigenvalue weighted by Gasteiger charge is 2.04. The SMILES string of the molecule is CCCCOc1ccc(-c2ccc(OCC(C)CC)cc2)nn1. The van der Waals surface area contributed by atoms with E-state index >= 15 is 0 Å². The fraction of sp³-hybridized carbons (Fsp3) is 0.474. The summed E-state index contributed by atoms with van der Waals surface area (Å²) >= 11 is 0. The largest absolute Gasteiger partial charge is 0.493 e. The Morgan fingerprint density at radius 1 is 0.957 bits per heavy atom. The van der Waals surface area contributed by atoms with Crippen molar-refractivity contribution in [3.63, 3.8) is 0 Å². The van der Waals surface area contributed by atoms with Crippen molar-refractivity contribution in [1.29, 1.82) is 0 Å². The summed E-state index contributed by atoms with van der Waals surface area (Å²) in [4.78, 5) is 0. The van der Waals surface area contributed by atoms with Crippen molar-refractivity contribution in [3.05, 3.63) is 36.4 Å². The van der Waals surface area contributed by atoms with E-state index < -0.39 is 0 Å². The molecule has 1 heterocycles. The van der Waals surface area contributed by atoms with Crippen molar-refractivity contribution in [3.8, 4) is 22.9 Å². The molecule has 23 heavy (non-hydrogen) atoms. The first kappa shape index (κ1) is 17.3. The van der Waals surface area contributed by atoms with Gasteiger partial charge in [0.15, 0.2) is 0 Å². The third-order valence-corrected chi connectivity index (χ3v) is 3.77. The average molecular weight is 314 g/mol. The monoisotopic (exact) mass is 314 g/mol. The molecular formula is C19H26N2O2. The molecule has 4 nitrogen and oxygen atoms in total. The Labute approximate surface area is 138 Å². The minimum atomic E-state index is 0.570. The molecular weight excluding hydrogens is 288 g/mol. The van der Waals surface area contributed by atoms with E-state index in [4.69, 9.17) is 9.47 Å². The molecule has 1 atom stereocenters. The molecule has 124 valence electrons. The van der Waals surface area contributed by atoms with Gasteiger partial charge in [0.05, 0.1) is 18.9 Å². The maximum atomic E-state index is 5.77. The van der Waals surface area contributed by atoms with Crippen LogP contribution in [0.5, 0.6) is 11.6 Å². The molecule has 0 aliphatic carbocycles. The van der Waals surface area contributed by atoms with Crippen LogP contribution < -0.4 is 9.47 Å². The lowest BCUT2D eigenvalue weighted by molar-refractivity contribution is 0.256. The van der Waals surface area contributed by atoms with Crippen molar-refractivity contribution in [2.24, 2.45) is 5.92 Å². The van der Waals surface area contributed by atoms with E-state index in [-0.39, 0.29) is 0 Å². The number of unbranched alkanes of at least 4 members (excludes halogenated alkanes) is 1. The predicted molar refractivity (Wildman–Crippen MR) is 92.8 cm³/mol. The second kappa shape index (κ2) is 9.13. The third kappa shape index (κ3) is 5.55. The molecule has 4 heteroatoms. The molecule has 0 spiro atoms. The summed E-state index contributed by atoms with van der Waals surface area (Å²) in [7, 11) is 0. The zero-order chi connectivity index (χ0) is 16.5. The van der Waals surface area contributed by atoms with Gasteiger partial charge < -0.3 is 9.47 Å². The van der Waals surface area contributed by atoms with E-state index in [9.17, 15) is 0 Å². The number of benzene rings is 1. The average Bonchev–Trinajstić information content (AvgIpc) is 2.61. The Morgan fingerprint density at radius 3 is 2.35 bits per heavy atom. The Hall–Kier alpha value is -2.10. The Bertz CT molecular complexity index is 567. The molecule has 0 radical (unpaired) electrons. The van der Waals surface area contributed by atoms with Crippen molar-refractivity contribution in [2.75, 3.05) is 13.2 Å². The minimum absolute atomic E-state index is 0.570. The van der Waals surface area contributed by atoms with Crippen LogP contribution in [0, 0.1) is 5.92 Å². The van der Waals surface area contributed by atoms with Gasteiger partial charge in [-0.3, -0.25) is 0 Å². The minimum Gasteiger partial charge on any atom is -0.493 e. The molecule has 2 aromatic rings. The summed E-state index contributed by atoms with van der Waals surface area (Å²) in [6.45, 7) is 7.93. The van der Waals surface area contributed by atoms with E-state index in [1.165, 1.54) is 0 Å². The molecule has 1 aromatic heterocycles. The Morgan fingerprint density at radius 2 is 1.74 bits per heavy atom. The number of aromatic nitrogens is 2. The van der Waals surface area contributed by atoms with Crippen molar-refractivity contribution in [2.45, 2.75) is 40.0 Å². The Kier molecular flexibility index (Phi) is 6.85. The molecule has 0 fully saturated rings. The number of hydrogen-bond donors (Lipinski definition) is 0. The molecule has 1 aromatic carbocycles. The van der Waals surface area contributed by atoms with Gasteiger partial charge in [-0.15, -0.1) is 10.2 Å². The van der Waals surface area contributed by atoms with Crippen LogP contribution in [0.15, 0.2) is 36.4 Å². The first-order chi connectivity index (χ1) is 11.2. The first-order valence-corrected chi connectivity index (χ1v) is 8.42. The van der Waals surface area contributed by atoms with Gasteiger partial charge in [-0.2, -0.15) is 0 Å². The summed E-state index contributed by atoms with van der Waals surface area (Å²) in [5.74, 6) is 2.04. The van der Waals surface area contributed by atoms with Gasteiger partial charge in [-0.05, 0) is 42.7 Å². The van der Waals surface area contributed by atoms with Gasteiger partial charge >= 0.3 is 0 Å². The fourth-order valence-electron chi connectivity index (χ4n) is 1.95. The summed E-state index contributed by atoms with van der Waals surface area (Å²) in [6, 6.07) is 11.8. The van der Waals surface area contributed by atoms with E-state index in [1.54, 1.807) is 0 Å². The smallest absolute Gasteiger partial charge is 0.233 e. The number of ether oxygens (including phenoxy) is 2. The highest BCUT2D eigenvalue weighted by molar-refractivity contribution is 5.59. The molecule has 2 rings (SSSR count). The van der Waals surface area contributed by atoms with Crippen LogP contribution in [-0.2, 0) is 0 Å². The normalized spacial score (nSPS) is 12.0. The van der Waals surface area contributed by atoms with Gasteiger partial charge in [0, 0.05) is 11.6 Å². The van der Waals surface area contributed by atoms with Crippen LogP contribution in [0.1, 0.15) is 40.0 Å². The topological polar surface area (TPSA) is 44.2 Å². The third-order valence-electron chi connectivity index (χ3n) is 3.77. The highest BCUT2D eigenvalue weighted by Crippen LogP contribution is 2.21. The number of nitrogens with zero attached hydrogens (tertiary/aromatic N) is 2. The molecule has 1 unspecified atom stereocenters. The summed E-state index contributed by atoms with van der Waals surface area (Å²) in [5, 5.41) is 8.35. The van der Waals surface area contributed by atoms with Gasteiger partial charge in [0.1, 0.15) is 5.75 Å². The van der Waals surface area contributed by atoms with E-state index in [0.717, 1.165) is 42.9 Å². The molecule has 0 N–H and O–H groups in total. The maximum Gasteiger partial charge on any atom is 0.233 e. The second-order valence-corrected chi connectivity index (χ2v) is 5.81. The van der Waals surface area contributed by atoms with Gasteiger partial charge in [-0.1, -0.05) is 33.6 Å². The zero-order valence-corrected chi connectivity index (χ0v) is 14.3. The number of rotatable bonds is 9. The number of hydrogen-bond acceptors (Lipinski definition) is 4. The molecule has 0 saturated carbocycles. The molecule has 0 aliphatic heterocycles. The van der Waals surface area contributed by atoms with Crippen molar-refractivity contribution < 1.29 is 9.47 Å². The van der Waals surface area contributed by atoms with E-state index in [2.05, 4.69) is 31.0 Å². The maximum absolute atomic E-state index is 5.77. The standard InChI is InChI=1S/C19H26N2O2/c1-4-6-13-22-19-12-11-18(20-21-19)16-7-9-17(10-8-16)23-14-15(3)5-2/h7-12,15H,4-6,13-14H2,1-3H3. The highest BCUT2D eigenvalue weighted by atomic mass is 16.5. The molecule has 0 bridgehead atoms. The van der Waals surface area contributed by atoms with E-state index in [0.29, 0.717) is 18.4 Å². The lowest BCUT2D eigenvalue weighted by atomic mass is 10.1. The summed E-state index contributed by atoms with van der Waals surface area (Å²) < 4.78 is 11.3. The molecule has 0 aliphatic rings. The summed E-state index contributed by atoms with van der Waals surface area (Å²) in [5.41, 5.74) is 1.86. The fourth-order valence-corrected chi connectivity index (χ4v) is 1.95. The lowest BCUT2D eigenvalue weighted by Gasteiger charge is -2.11. The first-order valence-electron chi connectivity index (χ1n) is 8.42. The van der Waals surface area contributed by atoms with Gasteiger partial charge in [-0.25, -0.2) is 0 Å². The van der Waals surface area contributed by atoms with Crippen LogP contribution in [0.25, 0.3) is 11.3 Å². The van der Waals surface area contributed by atoms with Crippen LogP contribution >= 0.6 is 0 Å². The predicted octanol–water partition coefficient (Wildman–Crippen LogP) is 4.75. The quantitative estimate of drug-likeness (QED) is 0.627. The van der Waals surface area contributed by atoms with Gasteiger partial charge in [0.2, 0.25) is 5.88 Å². The molecule has 0 amide bonds. The Balaban J connectivity index is 1.93. The van der Waals surface area contributed by atoms with Crippen LogP contribution in [0.4, 0.5) is 0 Å². The van der Waals surface area contributed by atoms with Crippen LogP contribution in [-0.4, -0.2) is 23.4 Å². The van der Waals surface area contributed by atoms with Crippen molar-refractivity contribution >= 4 is 0 Å². The summed E-state index contributed by atoms with van der Waals surface area (Å²) in [6.07, 6.45) is 3.26. The lowest BCUT2D eigenvalue weighted by Crippen LogP contribution is -2.07.